The van der Waals surface area contributed by atoms with Gasteiger partial charge in [-0.1, -0.05) is 59.6 Å². The third kappa shape index (κ3) is 7.43. The molecule has 5 nitrogen and oxygen atoms in total. The molecule has 0 fully saturated rings. The Morgan fingerprint density at radius 1 is 1.07 bits per heavy atom. The van der Waals surface area contributed by atoms with E-state index in [2.05, 4.69) is 5.32 Å². The third-order valence-electron chi connectivity index (χ3n) is 4.25. The Morgan fingerprint density at radius 2 is 1.75 bits per heavy atom. The number of rotatable bonds is 9. The molecule has 0 aliphatic heterocycles. The highest BCUT2D eigenvalue weighted by Crippen LogP contribution is 2.23. The fourth-order valence-electron chi connectivity index (χ4n) is 2.71. The van der Waals surface area contributed by atoms with E-state index < -0.39 is 10.0 Å². The van der Waals surface area contributed by atoms with Gasteiger partial charge in [-0.05, 0) is 43.0 Å². The van der Waals surface area contributed by atoms with Crippen LogP contribution in [0.4, 0.5) is 0 Å². The van der Waals surface area contributed by atoms with Crippen molar-refractivity contribution >= 4 is 39.1 Å². The van der Waals surface area contributed by atoms with Gasteiger partial charge in [-0.25, -0.2) is 8.42 Å². The standard InChI is InChI=1S/C20H24Cl2N2O3S/c1-15(8-9-16-6-4-3-5-7-16)23-20(25)14-24(28(2,26)27)13-17-10-11-18(21)19(22)12-17/h3-7,10-12,15H,8-9,13-14H2,1-2H3,(H,23,25)/t15-/m0/s1. The number of carbonyl (C=O) groups excluding carboxylic acids is 1. The summed E-state index contributed by atoms with van der Waals surface area (Å²) in [5.41, 5.74) is 1.85. The van der Waals surface area contributed by atoms with E-state index in [0.717, 1.165) is 23.4 Å². The maximum Gasteiger partial charge on any atom is 0.235 e. The highest BCUT2D eigenvalue weighted by molar-refractivity contribution is 7.88. The maximum atomic E-state index is 12.4. The quantitative estimate of drug-likeness (QED) is 0.640. The summed E-state index contributed by atoms with van der Waals surface area (Å²) in [7, 11) is -3.58. The fraction of sp³-hybridized carbons (Fsp3) is 0.350. The zero-order valence-electron chi connectivity index (χ0n) is 15.9. The van der Waals surface area contributed by atoms with Crippen LogP contribution in [0.5, 0.6) is 0 Å². The Balaban J connectivity index is 1.93. The predicted octanol–water partition coefficient (Wildman–Crippen LogP) is 3.89. The van der Waals surface area contributed by atoms with E-state index in [0.29, 0.717) is 15.6 Å². The van der Waals surface area contributed by atoms with Crippen LogP contribution in [0.1, 0.15) is 24.5 Å². The van der Waals surface area contributed by atoms with Gasteiger partial charge in [0.25, 0.3) is 0 Å². The molecule has 0 unspecified atom stereocenters. The van der Waals surface area contributed by atoms with Crippen LogP contribution < -0.4 is 5.32 Å². The molecule has 1 N–H and O–H groups in total. The molecule has 8 heteroatoms. The number of halogens is 2. The van der Waals surface area contributed by atoms with Crippen molar-refractivity contribution in [2.75, 3.05) is 12.8 Å². The number of sulfonamides is 1. The van der Waals surface area contributed by atoms with Gasteiger partial charge in [0, 0.05) is 12.6 Å². The van der Waals surface area contributed by atoms with Gasteiger partial charge in [-0.2, -0.15) is 4.31 Å². The number of carbonyl (C=O) groups is 1. The van der Waals surface area contributed by atoms with Gasteiger partial charge in [0.15, 0.2) is 0 Å². The Kier molecular flexibility index (Phi) is 8.31. The van der Waals surface area contributed by atoms with E-state index in [1.54, 1.807) is 18.2 Å². The molecule has 0 aliphatic rings. The lowest BCUT2D eigenvalue weighted by molar-refractivity contribution is -0.122. The number of hydrogen-bond acceptors (Lipinski definition) is 3. The van der Waals surface area contributed by atoms with E-state index in [-0.39, 0.29) is 25.0 Å². The lowest BCUT2D eigenvalue weighted by Gasteiger charge is -2.21. The van der Waals surface area contributed by atoms with Crippen molar-refractivity contribution in [3.05, 3.63) is 69.7 Å². The number of amides is 1. The van der Waals surface area contributed by atoms with Crippen LogP contribution in [-0.2, 0) is 27.8 Å². The molecule has 28 heavy (non-hydrogen) atoms. The Hall–Kier alpha value is -1.60. The van der Waals surface area contributed by atoms with E-state index in [9.17, 15) is 13.2 Å². The van der Waals surface area contributed by atoms with Gasteiger partial charge >= 0.3 is 0 Å². The van der Waals surface area contributed by atoms with Crippen LogP contribution >= 0.6 is 23.2 Å². The van der Waals surface area contributed by atoms with Crippen molar-refractivity contribution in [3.8, 4) is 0 Å². The first-order valence-electron chi connectivity index (χ1n) is 8.87. The second-order valence-electron chi connectivity index (χ2n) is 6.77. The average Bonchev–Trinajstić information content (AvgIpc) is 2.62. The first-order chi connectivity index (χ1) is 13.1. The molecule has 0 saturated heterocycles. The molecule has 2 aromatic rings. The number of nitrogens with one attached hydrogen (secondary N) is 1. The number of nitrogens with zero attached hydrogens (tertiary/aromatic N) is 1. The first-order valence-corrected chi connectivity index (χ1v) is 11.5. The zero-order valence-corrected chi connectivity index (χ0v) is 18.2. The molecule has 0 heterocycles. The first kappa shape index (κ1) is 22.7. The highest BCUT2D eigenvalue weighted by atomic mass is 35.5. The minimum Gasteiger partial charge on any atom is -0.352 e. The summed E-state index contributed by atoms with van der Waals surface area (Å²) in [6.45, 7) is 1.70. The SMILES string of the molecule is C[C@@H](CCc1ccccc1)NC(=O)CN(Cc1ccc(Cl)c(Cl)c1)S(C)(=O)=O. The van der Waals surface area contributed by atoms with Gasteiger partial charge in [0.05, 0.1) is 22.8 Å². The topological polar surface area (TPSA) is 66.5 Å². The lowest BCUT2D eigenvalue weighted by atomic mass is 10.1. The summed E-state index contributed by atoms with van der Waals surface area (Å²) in [6, 6.07) is 14.8. The summed E-state index contributed by atoms with van der Waals surface area (Å²) in [5.74, 6) is -0.342. The van der Waals surface area contributed by atoms with Gasteiger partial charge < -0.3 is 5.32 Å². The highest BCUT2D eigenvalue weighted by Gasteiger charge is 2.21. The molecule has 1 amide bonds. The van der Waals surface area contributed by atoms with Crippen LogP contribution in [0, 0.1) is 0 Å². The van der Waals surface area contributed by atoms with Crippen LogP contribution in [0.25, 0.3) is 0 Å². The predicted molar refractivity (Wildman–Crippen MR) is 114 cm³/mol. The lowest BCUT2D eigenvalue weighted by Crippen LogP contribution is -2.42. The Bertz CT molecular complexity index is 905. The Labute approximate surface area is 176 Å². The van der Waals surface area contributed by atoms with E-state index in [4.69, 9.17) is 23.2 Å². The largest absolute Gasteiger partial charge is 0.352 e. The Morgan fingerprint density at radius 3 is 2.36 bits per heavy atom. The normalized spacial score (nSPS) is 12.8. The molecular weight excluding hydrogens is 419 g/mol. The molecular formula is C20H24Cl2N2O3S. The smallest absolute Gasteiger partial charge is 0.235 e. The van der Waals surface area contributed by atoms with Gasteiger partial charge in [0.2, 0.25) is 15.9 Å². The van der Waals surface area contributed by atoms with E-state index in [1.807, 2.05) is 37.3 Å². The monoisotopic (exact) mass is 442 g/mol. The molecule has 0 bridgehead atoms. The average molecular weight is 443 g/mol. The third-order valence-corrected chi connectivity index (χ3v) is 6.18. The van der Waals surface area contributed by atoms with Crippen molar-refractivity contribution < 1.29 is 13.2 Å². The summed E-state index contributed by atoms with van der Waals surface area (Å²) in [4.78, 5) is 12.4. The molecule has 1 atom stereocenters. The van der Waals surface area contributed by atoms with Crippen LogP contribution in [0.2, 0.25) is 10.0 Å². The van der Waals surface area contributed by atoms with E-state index >= 15 is 0 Å². The van der Waals surface area contributed by atoms with Crippen LogP contribution in [0.3, 0.4) is 0 Å². The van der Waals surface area contributed by atoms with Crippen molar-refractivity contribution in [1.82, 2.24) is 9.62 Å². The molecule has 0 saturated carbocycles. The molecule has 2 aromatic carbocycles. The zero-order chi connectivity index (χ0) is 20.7. The van der Waals surface area contributed by atoms with Crippen molar-refractivity contribution in [2.45, 2.75) is 32.4 Å². The van der Waals surface area contributed by atoms with Crippen LogP contribution in [0.15, 0.2) is 48.5 Å². The summed E-state index contributed by atoms with van der Waals surface area (Å²) in [5, 5.41) is 3.60. The minimum absolute atomic E-state index is 0.0432. The molecule has 0 spiro atoms. The second kappa shape index (κ2) is 10.3. The molecule has 0 aromatic heterocycles. The summed E-state index contributed by atoms with van der Waals surface area (Å²) in [6.07, 6.45) is 2.68. The van der Waals surface area contributed by atoms with Crippen molar-refractivity contribution in [3.63, 3.8) is 0 Å². The van der Waals surface area contributed by atoms with Gasteiger partial charge in [0.1, 0.15) is 0 Å². The maximum absolute atomic E-state index is 12.4. The molecule has 0 aliphatic carbocycles. The van der Waals surface area contributed by atoms with E-state index in [1.165, 1.54) is 5.56 Å². The second-order valence-corrected chi connectivity index (χ2v) is 9.57. The molecule has 152 valence electrons. The summed E-state index contributed by atoms with van der Waals surface area (Å²) < 4.78 is 25.3. The minimum atomic E-state index is -3.58. The fourth-order valence-corrected chi connectivity index (χ4v) is 3.77. The number of aryl methyl sites for hydroxylation is 1. The summed E-state index contributed by atoms with van der Waals surface area (Å²) >= 11 is 11.9. The van der Waals surface area contributed by atoms with Gasteiger partial charge in [-0.3, -0.25) is 4.79 Å². The number of benzene rings is 2. The molecule has 0 radical (unpaired) electrons. The molecule has 2 rings (SSSR count). The number of hydrogen-bond donors (Lipinski definition) is 1. The van der Waals surface area contributed by atoms with Crippen LogP contribution in [-0.4, -0.2) is 37.5 Å². The van der Waals surface area contributed by atoms with Gasteiger partial charge in [-0.15, -0.1) is 0 Å². The van der Waals surface area contributed by atoms with Crippen molar-refractivity contribution in [2.24, 2.45) is 0 Å². The van der Waals surface area contributed by atoms with Crippen molar-refractivity contribution in [1.29, 1.82) is 0 Å².